The number of unbranched alkanes of at least 4 members (excludes halogenated alkanes) is 4. The van der Waals surface area contributed by atoms with Crippen LogP contribution in [0.15, 0.2) is 36.1 Å². The highest BCUT2D eigenvalue weighted by atomic mass is 16.5. The maximum absolute atomic E-state index is 12.4. The summed E-state index contributed by atoms with van der Waals surface area (Å²) in [6, 6.07) is 6.38. The minimum Gasteiger partial charge on any atom is -0.451 e. The first-order valence-corrected chi connectivity index (χ1v) is 9.68. The highest BCUT2D eigenvalue weighted by molar-refractivity contribution is 6.15. The van der Waals surface area contributed by atoms with Crippen LogP contribution in [0, 0.1) is 12.5 Å². The maximum Gasteiger partial charge on any atom is 0.296 e. The fourth-order valence-electron chi connectivity index (χ4n) is 2.87. The molecule has 0 aromatic heterocycles. The molecule has 0 spiro atoms. The zero-order valence-electron chi connectivity index (χ0n) is 16.4. The molecule has 0 N–H and O–H groups in total. The van der Waals surface area contributed by atoms with Gasteiger partial charge in [0, 0.05) is 18.9 Å². The molecular weight excluding hydrogens is 356 g/mol. The summed E-state index contributed by atoms with van der Waals surface area (Å²) >= 11 is 0. The lowest BCUT2D eigenvalue weighted by Crippen LogP contribution is -2.32. The molecule has 148 valence electrons. The Bertz CT molecular complexity index is 788. The number of rotatable bonds is 11. The van der Waals surface area contributed by atoms with Crippen molar-refractivity contribution in [1.82, 2.24) is 4.90 Å². The van der Waals surface area contributed by atoms with Crippen molar-refractivity contribution >= 4 is 23.3 Å². The van der Waals surface area contributed by atoms with Crippen LogP contribution in [-0.4, -0.2) is 29.0 Å². The first-order chi connectivity index (χ1) is 13.4. The number of amides is 2. The van der Waals surface area contributed by atoms with E-state index in [0.29, 0.717) is 30.2 Å². The lowest BCUT2D eigenvalue weighted by molar-refractivity contribution is -0.138. The number of ketones is 1. The number of nitrogens with zero attached hydrogens (tertiary/aromatic N) is 2. The molecule has 0 bridgehead atoms. The number of carbonyl (C=O) groups excluding carboxylic acids is 3. The van der Waals surface area contributed by atoms with Crippen LogP contribution in [0.5, 0.6) is 5.75 Å². The van der Waals surface area contributed by atoms with Crippen molar-refractivity contribution in [3.63, 3.8) is 0 Å². The molecule has 0 atom stereocenters. The number of ether oxygens (including phenoxy) is 1. The Hall–Kier alpha value is -2.94. The molecule has 0 radical (unpaired) electrons. The minimum absolute atomic E-state index is 0.00719. The predicted octanol–water partition coefficient (Wildman–Crippen LogP) is 4.43. The van der Waals surface area contributed by atoms with E-state index in [-0.39, 0.29) is 17.6 Å². The second-order valence-electron chi connectivity index (χ2n) is 7.15. The van der Waals surface area contributed by atoms with Gasteiger partial charge in [-0.1, -0.05) is 45.2 Å². The average molecular weight is 382 g/mol. The Morgan fingerprint density at radius 2 is 1.71 bits per heavy atom. The Morgan fingerprint density at radius 3 is 2.36 bits per heavy atom. The topological polar surface area (TPSA) is 68.0 Å². The Kier molecular flexibility index (Phi) is 7.94. The SMILES string of the molecule is [C-]#[N+]c1ccc(OC2=CC(=O)N(CCCCCCCC(=O)C(C)C)C2=O)cc1. The van der Waals surface area contributed by atoms with E-state index >= 15 is 0 Å². The van der Waals surface area contributed by atoms with E-state index in [2.05, 4.69) is 4.85 Å². The summed E-state index contributed by atoms with van der Waals surface area (Å²) in [5, 5.41) is 0. The Labute approximate surface area is 166 Å². The number of imide groups is 1. The van der Waals surface area contributed by atoms with Crippen molar-refractivity contribution in [1.29, 1.82) is 0 Å². The molecular formula is C22H26N2O4. The third kappa shape index (κ3) is 6.05. The molecule has 2 amide bonds. The quantitative estimate of drug-likeness (QED) is 0.322. The van der Waals surface area contributed by atoms with Gasteiger partial charge in [-0.25, -0.2) is 4.85 Å². The van der Waals surface area contributed by atoms with Crippen LogP contribution in [0.4, 0.5) is 5.69 Å². The summed E-state index contributed by atoms with van der Waals surface area (Å²) in [6.07, 6.45) is 6.33. The molecule has 28 heavy (non-hydrogen) atoms. The molecule has 0 unspecified atom stereocenters. The third-order valence-electron chi connectivity index (χ3n) is 4.62. The Morgan fingerprint density at radius 1 is 1.07 bits per heavy atom. The van der Waals surface area contributed by atoms with Gasteiger partial charge >= 0.3 is 0 Å². The third-order valence-corrected chi connectivity index (χ3v) is 4.62. The summed E-state index contributed by atoms with van der Waals surface area (Å²) in [4.78, 5) is 40.5. The fourth-order valence-corrected chi connectivity index (χ4v) is 2.87. The smallest absolute Gasteiger partial charge is 0.296 e. The molecule has 0 saturated heterocycles. The second kappa shape index (κ2) is 10.4. The van der Waals surface area contributed by atoms with Crippen molar-refractivity contribution < 1.29 is 19.1 Å². The van der Waals surface area contributed by atoms with Gasteiger partial charge in [-0.3, -0.25) is 19.3 Å². The minimum atomic E-state index is -0.429. The van der Waals surface area contributed by atoms with E-state index in [1.165, 1.54) is 11.0 Å². The number of hydrogen-bond acceptors (Lipinski definition) is 4. The monoisotopic (exact) mass is 382 g/mol. The zero-order chi connectivity index (χ0) is 20.5. The second-order valence-corrected chi connectivity index (χ2v) is 7.15. The summed E-state index contributed by atoms with van der Waals surface area (Å²) in [5.74, 6) is 0.0322. The van der Waals surface area contributed by atoms with Gasteiger partial charge < -0.3 is 4.74 Å². The van der Waals surface area contributed by atoms with E-state index < -0.39 is 5.91 Å². The van der Waals surface area contributed by atoms with Crippen LogP contribution < -0.4 is 4.74 Å². The maximum atomic E-state index is 12.4. The predicted molar refractivity (Wildman–Crippen MR) is 106 cm³/mol. The van der Waals surface area contributed by atoms with Crippen molar-refractivity contribution in [3.8, 4) is 5.75 Å². The van der Waals surface area contributed by atoms with Crippen molar-refractivity contribution in [2.24, 2.45) is 5.92 Å². The molecule has 0 saturated carbocycles. The van der Waals surface area contributed by atoms with Crippen molar-refractivity contribution in [3.05, 3.63) is 47.5 Å². The standard InChI is InChI=1S/C22H26N2O4/c1-16(2)19(25)9-7-5-4-6-8-14-24-21(26)15-20(22(24)27)28-18-12-10-17(23-3)11-13-18/h10-13,15-16H,4-9,14H2,1-2H3. The first kappa shape index (κ1) is 21.4. The van der Waals surface area contributed by atoms with E-state index in [0.717, 1.165) is 32.1 Å². The van der Waals surface area contributed by atoms with Gasteiger partial charge in [-0.15, -0.1) is 0 Å². The van der Waals surface area contributed by atoms with E-state index in [1.54, 1.807) is 24.3 Å². The van der Waals surface area contributed by atoms with Gasteiger partial charge in [0.05, 0.1) is 12.6 Å². The van der Waals surface area contributed by atoms with Crippen LogP contribution in [0.3, 0.4) is 0 Å². The van der Waals surface area contributed by atoms with Crippen molar-refractivity contribution in [2.75, 3.05) is 6.54 Å². The average Bonchev–Trinajstić information content (AvgIpc) is 2.94. The number of hydrogen-bond donors (Lipinski definition) is 0. The summed E-state index contributed by atoms with van der Waals surface area (Å²) in [7, 11) is 0. The van der Waals surface area contributed by atoms with Gasteiger partial charge in [0.1, 0.15) is 11.5 Å². The highest BCUT2D eigenvalue weighted by Crippen LogP contribution is 2.23. The van der Waals surface area contributed by atoms with Crippen molar-refractivity contribution in [2.45, 2.75) is 52.4 Å². The summed E-state index contributed by atoms with van der Waals surface area (Å²) < 4.78 is 5.50. The zero-order valence-corrected chi connectivity index (χ0v) is 16.4. The molecule has 1 aliphatic rings. The van der Waals surface area contributed by atoms with Crippen LogP contribution in [0.25, 0.3) is 4.85 Å². The number of benzene rings is 1. The van der Waals surface area contributed by atoms with Gasteiger partial charge in [0.25, 0.3) is 11.8 Å². The lowest BCUT2D eigenvalue weighted by atomic mass is 10.0. The molecule has 1 heterocycles. The van der Waals surface area contributed by atoms with Gasteiger partial charge in [-0.2, -0.15) is 0 Å². The molecule has 0 aliphatic carbocycles. The van der Waals surface area contributed by atoms with E-state index in [1.807, 2.05) is 13.8 Å². The van der Waals surface area contributed by atoms with Gasteiger partial charge in [0.15, 0.2) is 11.4 Å². The lowest BCUT2D eigenvalue weighted by Gasteiger charge is -2.14. The summed E-state index contributed by atoms with van der Waals surface area (Å²) in [6.45, 7) is 11.1. The molecule has 6 heteroatoms. The van der Waals surface area contributed by atoms with Crippen LogP contribution in [-0.2, 0) is 14.4 Å². The first-order valence-electron chi connectivity index (χ1n) is 9.68. The summed E-state index contributed by atoms with van der Waals surface area (Å²) in [5.41, 5.74) is 0.477. The normalized spacial score (nSPS) is 13.6. The van der Waals surface area contributed by atoms with E-state index in [4.69, 9.17) is 11.3 Å². The van der Waals surface area contributed by atoms with Gasteiger partial charge in [0.2, 0.25) is 0 Å². The largest absolute Gasteiger partial charge is 0.451 e. The van der Waals surface area contributed by atoms with Crippen LogP contribution in [0.2, 0.25) is 0 Å². The molecule has 2 rings (SSSR count). The molecule has 1 aromatic carbocycles. The fraction of sp³-hybridized carbons (Fsp3) is 0.455. The van der Waals surface area contributed by atoms with E-state index in [9.17, 15) is 14.4 Å². The van der Waals surface area contributed by atoms with Crippen LogP contribution >= 0.6 is 0 Å². The molecule has 0 fully saturated rings. The number of carbonyl (C=O) groups is 3. The Balaban J connectivity index is 1.70. The molecule has 6 nitrogen and oxygen atoms in total. The molecule has 1 aliphatic heterocycles. The number of Topliss-reactive ketones (excluding diaryl/α,β-unsaturated/α-hetero) is 1. The highest BCUT2D eigenvalue weighted by Gasteiger charge is 2.32. The molecule has 1 aromatic rings. The van der Waals surface area contributed by atoms with Crippen LogP contribution in [0.1, 0.15) is 52.4 Å². The van der Waals surface area contributed by atoms with Gasteiger partial charge in [-0.05, 0) is 25.0 Å².